The molecule has 94 valence electrons. The van der Waals surface area contributed by atoms with Crippen LogP contribution in [0.15, 0.2) is 26.5 Å². The van der Waals surface area contributed by atoms with Crippen molar-refractivity contribution >= 4 is 50.0 Å². The van der Waals surface area contributed by atoms with Crippen molar-refractivity contribution in [3.8, 4) is 0 Å². The van der Waals surface area contributed by atoms with Gasteiger partial charge in [0.1, 0.15) is 5.69 Å². The van der Waals surface area contributed by atoms with Crippen LogP contribution in [0.1, 0.15) is 13.3 Å². The Bertz CT molecular complexity index is 470. The van der Waals surface area contributed by atoms with Gasteiger partial charge in [-0.25, -0.2) is 0 Å². The number of anilines is 1. The molecule has 0 saturated carbocycles. The second-order valence-electron chi connectivity index (χ2n) is 3.62. The summed E-state index contributed by atoms with van der Waals surface area (Å²) < 4.78 is 3.49. The molecule has 0 aromatic carbocycles. The molecular weight excluding hydrogens is 397 g/mol. The molecule has 0 bridgehead atoms. The van der Waals surface area contributed by atoms with Gasteiger partial charge in [0.25, 0.3) is 5.56 Å². The third-order valence-electron chi connectivity index (χ3n) is 2.11. The summed E-state index contributed by atoms with van der Waals surface area (Å²) >= 11 is 5.68. The Hall–Kier alpha value is -0.370. The molecule has 0 spiro atoms. The van der Waals surface area contributed by atoms with E-state index in [9.17, 15) is 4.79 Å². The summed E-state index contributed by atoms with van der Waals surface area (Å²) in [5.74, 6) is 0.769. The fraction of sp³-hybridized carbons (Fsp3) is 0.455. The maximum atomic E-state index is 11.8. The monoisotopic (exact) mass is 411 g/mol. The van der Waals surface area contributed by atoms with E-state index in [2.05, 4.69) is 48.8 Å². The minimum absolute atomic E-state index is 0.0587. The van der Waals surface area contributed by atoms with Gasteiger partial charge in [0.2, 0.25) is 0 Å². The minimum Gasteiger partial charge on any atom is -0.340 e. The minimum atomic E-state index is -0.0587. The van der Waals surface area contributed by atoms with Crippen molar-refractivity contribution < 1.29 is 0 Å². The topological polar surface area (TPSA) is 46.4 Å². The number of aryl methyl sites for hydroxylation is 1. The van der Waals surface area contributed by atoms with Crippen molar-refractivity contribution in [2.45, 2.75) is 13.3 Å². The van der Waals surface area contributed by atoms with Gasteiger partial charge in [-0.1, -0.05) is 22.6 Å². The Balaban J connectivity index is 2.81. The number of aliphatic imine (C=N–C) groups is 1. The molecule has 0 saturated heterocycles. The van der Waals surface area contributed by atoms with Crippen molar-refractivity contribution in [1.29, 1.82) is 0 Å². The lowest BCUT2D eigenvalue weighted by Crippen LogP contribution is -2.22. The second kappa shape index (κ2) is 7.15. The van der Waals surface area contributed by atoms with Crippen molar-refractivity contribution in [3.63, 3.8) is 0 Å². The summed E-state index contributed by atoms with van der Waals surface area (Å²) in [5.41, 5.74) is 0.481. The smallest absolute Gasteiger partial charge is 0.274 e. The van der Waals surface area contributed by atoms with Crippen LogP contribution in [0, 0.1) is 0 Å². The van der Waals surface area contributed by atoms with Gasteiger partial charge in [-0.3, -0.25) is 9.79 Å². The fourth-order valence-corrected chi connectivity index (χ4v) is 2.18. The second-order valence-corrected chi connectivity index (χ2v) is 5.62. The number of hydrogen-bond acceptors (Lipinski definition) is 2. The van der Waals surface area contributed by atoms with Crippen molar-refractivity contribution in [2.24, 2.45) is 12.0 Å². The van der Waals surface area contributed by atoms with E-state index in [1.54, 1.807) is 19.3 Å². The Morgan fingerprint density at radius 2 is 2.35 bits per heavy atom. The molecular formula is C11H15BrIN3O. The molecule has 4 nitrogen and oxygen atoms in total. The van der Waals surface area contributed by atoms with Gasteiger partial charge >= 0.3 is 0 Å². The van der Waals surface area contributed by atoms with Crippen molar-refractivity contribution in [2.75, 3.05) is 16.3 Å². The number of nitrogens with one attached hydrogen (secondary N) is 1. The first-order valence-electron chi connectivity index (χ1n) is 5.25. The molecule has 1 aromatic rings. The van der Waals surface area contributed by atoms with E-state index >= 15 is 0 Å². The summed E-state index contributed by atoms with van der Waals surface area (Å²) in [6, 6.07) is 1.76. The first-order chi connectivity index (χ1) is 8.04. The molecule has 1 aromatic heterocycles. The maximum absolute atomic E-state index is 11.8. The van der Waals surface area contributed by atoms with E-state index in [0.717, 1.165) is 27.7 Å². The van der Waals surface area contributed by atoms with Gasteiger partial charge in [0, 0.05) is 28.7 Å². The summed E-state index contributed by atoms with van der Waals surface area (Å²) in [6.07, 6.45) is 2.78. The largest absolute Gasteiger partial charge is 0.340 e. The van der Waals surface area contributed by atoms with Crippen molar-refractivity contribution in [3.05, 3.63) is 27.1 Å². The molecule has 6 heteroatoms. The summed E-state index contributed by atoms with van der Waals surface area (Å²) in [4.78, 5) is 16.2. The van der Waals surface area contributed by atoms with Crippen LogP contribution in [-0.4, -0.2) is 21.4 Å². The predicted octanol–water partition coefficient (Wildman–Crippen LogP) is 2.80. The van der Waals surface area contributed by atoms with Gasteiger partial charge in [0.05, 0.1) is 5.84 Å². The SMILES string of the molecule is CC(=NCCCI)Nc1cc(Br)cn(C)c1=O. The van der Waals surface area contributed by atoms with Crippen molar-refractivity contribution in [1.82, 2.24) is 4.57 Å². The summed E-state index contributed by atoms with van der Waals surface area (Å²) in [7, 11) is 1.72. The number of halogens is 2. The van der Waals surface area contributed by atoms with Crippen LogP contribution >= 0.6 is 38.5 Å². The standard InChI is InChI=1S/C11H15BrIN3O/c1-8(14-5-3-4-13)15-10-6-9(12)7-16(2)11(10)17/h6-7H,3-5H2,1-2H3,(H,14,15). The molecule has 1 rings (SSSR count). The molecule has 1 heterocycles. The van der Waals surface area contributed by atoms with Crippen LogP contribution in [0.25, 0.3) is 0 Å². The predicted molar refractivity (Wildman–Crippen MR) is 84.5 cm³/mol. The number of amidine groups is 1. The van der Waals surface area contributed by atoms with Gasteiger partial charge in [-0.05, 0) is 35.3 Å². The summed E-state index contributed by atoms with van der Waals surface area (Å²) in [5, 5.41) is 3.03. The molecule has 17 heavy (non-hydrogen) atoms. The number of pyridine rings is 1. The van der Waals surface area contributed by atoms with Crippen LogP contribution in [0.3, 0.4) is 0 Å². The average molecular weight is 412 g/mol. The van der Waals surface area contributed by atoms with Gasteiger partial charge in [-0.2, -0.15) is 0 Å². The quantitative estimate of drug-likeness (QED) is 0.272. The van der Waals surface area contributed by atoms with E-state index in [1.807, 2.05) is 6.92 Å². The summed E-state index contributed by atoms with van der Waals surface area (Å²) in [6.45, 7) is 2.66. The number of hydrogen-bond donors (Lipinski definition) is 1. The van der Waals surface area contributed by atoms with Crippen LogP contribution in [-0.2, 0) is 7.05 Å². The normalized spacial score (nSPS) is 11.6. The molecule has 0 radical (unpaired) electrons. The zero-order valence-electron chi connectivity index (χ0n) is 9.83. The lowest BCUT2D eigenvalue weighted by atomic mass is 10.4. The van der Waals surface area contributed by atoms with Crippen LogP contribution in [0.5, 0.6) is 0 Å². The zero-order valence-corrected chi connectivity index (χ0v) is 13.6. The first kappa shape index (κ1) is 14.7. The molecule has 0 unspecified atom stereocenters. The third kappa shape index (κ3) is 4.79. The highest BCUT2D eigenvalue weighted by molar-refractivity contribution is 14.1. The Kier molecular flexibility index (Phi) is 6.18. The number of nitrogens with zero attached hydrogens (tertiary/aromatic N) is 2. The molecule has 0 aliphatic heterocycles. The zero-order chi connectivity index (χ0) is 12.8. The van der Waals surface area contributed by atoms with Crippen LogP contribution < -0.4 is 10.9 Å². The fourth-order valence-electron chi connectivity index (χ4n) is 1.30. The molecule has 0 aliphatic rings. The lowest BCUT2D eigenvalue weighted by Gasteiger charge is -2.07. The third-order valence-corrected chi connectivity index (χ3v) is 3.30. The first-order valence-corrected chi connectivity index (χ1v) is 7.56. The van der Waals surface area contributed by atoms with E-state index < -0.39 is 0 Å². The highest BCUT2D eigenvalue weighted by Gasteiger charge is 2.03. The maximum Gasteiger partial charge on any atom is 0.274 e. The lowest BCUT2D eigenvalue weighted by molar-refractivity contribution is 0.858. The average Bonchev–Trinajstić information content (AvgIpc) is 2.25. The highest BCUT2D eigenvalue weighted by Crippen LogP contribution is 2.11. The highest BCUT2D eigenvalue weighted by atomic mass is 127. The van der Waals surface area contributed by atoms with E-state index in [4.69, 9.17) is 0 Å². The molecule has 0 amide bonds. The Morgan fingerprint density at radius 1 is 1.65 bits per heavy atom. The van der Waals surface area contributed by atoms with Gasteiger partial charge in [-0.15, -0.1) is 0 Å². The molecule has 0 fully saturated rings. The van der Waals surface area contributed by atoms with E-state index in [-0.39, 0.29) is 5.56 Å². The number of alkyl halides is 1. The molecule has 0 aliphatic carbocycles. The van der Waals surface area contributed by atoms with Gasteiger partial charge < -0.3 is 9.88 Å². The van der Waals surface area contributed by atoms with Crippen LogP contribution in [0.4, 0.5) is 5.69 Å². The number of rotatable bonds is 4. The number of aromatic nitrogens is 1. The van der Waals surface area contributed by atoms with Gasteiger partial charge in [0.15, 0.2) is 0 Å². The molecule has 1 N–H and O–H groups in total. The van der Waals surface area contributed by atoms with E-state index in [1.165, 1.54) is 4.57 Å². The molecule has 0 atom stereocenters. The van der Waals surface area contributed by atoms with Crippen LogP contribution in [0.2, 0.25) is 0 Å². The van der Waals surface area contributed by atoms with E-state index in [0.29, 0.717) is 5.69 Å². The Morgan fingerprint density at radius 3 is 3.00 bits per heavy atom. The Labute approximate surface area is 123 Å².